The number of benzene rings is 1. The Bertz CT molecular complexity index is 856. The molecule has 2 aliphatic carbocycles. The number of hydrogen-bond acceptors (Lipinski definition) is 3. The van der Waals surface area contributed by atoms with Crippen LogP contribution in [0.4, 0.5) is 13.2 Å². The topological polar surface area (TPSA) is 39.2 Å². The molecule has 3 nitrogen and oxygen atoms in total. The van der Waals surface area contributed by atoms with Crippen molar-refractivity contribution in [2.24, 2.45) is 17.8 Å². The second kappa shape index (κ2) is 6.80. The van der Waals surface area contributed by atoms with Crippen LogP contribution < -0.4 is 0 Å². The van der Waals surface area contributed by atoms with Gasteiger partial charge in [0.15, 0.2) is 0 Å². The molecule has 2 fully saturated rings. The first-order valence-corrected chi connectivity index (χ1v) is 9.49. The van der Waals surface area contributed by atoms with Gasteiger partial charge in [-0.05, 0) is 80.2 Å². The molecule has 0 N–H and O–H groups in total. The molecular formula is C21H22F3NO2. The largest absolute Gasteiger partial charge is 0.462 e. The van der Waals surface area contributed by atoms with Crippen molar-refractivity contribution >= 4 is 16.9 Å². The number of carbonyl (C=O) groups is 1. The van der Waals surface area contributed by atoms with Gasteiger partial charge < -0.3 is 4.74 Å². The first-order chi connectivity index (χ1) is 12.9. The number of carbonyl (C=O) groups excluding carboxylic acids is 1. The number of halogens is 3. The first kappa shape index (κ1) is 18.3. The van der Waals surface area contributed by atoms with E-state index in [4.69, 9.17) is 0 Å². The van der Waals surface area contributed by atoms with Crippen LogP contribution in [0.1, 0.15) is 44.1 Å². The summed E-state index contributed by atoms with van der Waals surface area (Å²) in [5.41, 5.74) is 1.79. The highest BCUT2D eigenvalue weighted by Gasteiger charge is 2.55. The summed E-state index contributed by atoms with van der Waals surface area (Å²) in [5.74, 6) is -5.52. The Balaban J connectivity index is 1.51. The lowest BCUT2D eigenvalue weighted by Crippen LogP contribution is -2.38. The minimum absolute atomic E-state index is 0.0399. The maximum atomic E-state index is 14.4. The molecule has 0 amide bonds. The highest BCUT2D eigenvalue weighted by atomic mass is 19.3. The Morgan fingerprint density at radius 3 is 2.56 bits per heavy atom. The molecule has 1 aromatic heterocycles. The molecule has 144 valence electrons. The average Bonchev–Trinajstić information content (AvgIpc) is 3.20. The van der Waals surface area contributed by atoms with E-state index in [2.05, 4.69) is 9.72 Å². The third-order valence-corrected chi connectivity index (χ3v) is 6.25. The number of pyridine rings is 1. The summed E-state index contributed by atoms with van der Waals surface area (Å²) in [6, 6.07) is 6.48. The number of aromatic nitrogens is 1. The van der Waals surface area contributed by atoms with Gasteiger partial charge in [-0.15, -0.1) is 0 Å². The van der Waals surface area contributed by atoms with E-state index in [0.29, 0.717) is 12.8 Å². The second-order valence-electron chi connectivity index (χ2n) is 7.76. The maximum Gasteiger partial charge on any atom is 0.377 e. The van der Waals surface area contributed by atoms with E-state index in [9.17, 15) is 18.0 Å². The lowest BCUT2D eigenvalue weighted by atomic mass is 9.89. The van der Waals surface area contributed by atoms with Gasteiger partial charge in [0.2, 0.25) is 0 Å². The predicted molar refractivity (Wildman–Crippen MR) is 95.0 cm³/mol. The number of nitrogens with zero attached hydrogens (tertiary/aromatic N) is 1. The molecule has 0 unspecified atom stereocenters. The monoisotopic (exact) mass is 377 g/mol. The Hall–Kier alpha value is -2.11. The van der Waals surface area contributed by atoms with Gasteiger partial charge in [-0.3, -0.25) is 4.98 Å². The van der Waals surface area contributed by atoms with Crippen LogP contribution in [-0.4, -0.2) is 23.5 Å². The van der Waals surface area contributed by atoms with E-state index < -0.39 is 17.8 Å². The van der Waals surface area contributed by atoms with E-state index in [1.165, 1.54) is 19.1 Å². The Kier molecular flexibility index (Phi) is 4.60. The van der Waals surface area contributed by atoms with Crippen LogP contribution in [0.3, 0.4) is 0 Å². The van der Waals surface area contributed by atoms with Crippen LogP contribution in [0.15, 0.2) is 30.5 Å². The van der Waals surface area contributed by atoms with Crippen molar-refractivity contribution in [3.8, 4) is 0 Å². The molecule has 4 rings (SSSR count). The van der Waals surface area contributed by atoms with E-state index in [1.54, 1.807) is 12.3 Å². The summed E-state index contributed by atoms with van der Waals surface area (Å²) in [5, 5.41) is 0.802. The molecule has 0 radical (unpaired) electrons. The van der Waals surface area contributed by atoms with Crippen LogP contribution in [0.2, 0.25) is 0 Å². The van der Waals surface area contributed by atoms with Crippen LogP contribution in [0.5, 0.6) is 0 Å². The smallest absolute Gasteiger partial charge is 0.377 e. The van der Waals surface area contributed by atoms with Gasteiger partial charge in [0, 0.05) is 17.5 Å². The highest BCUT2D eigenvalue weighted by molar-refractivity contribution is 5.82. The molecular weight excluding hydrogens is 355 g/mol. The maximum absolute atomic E-state index is 14.4. The standard InChI is InChI=1S/C21H22F3NO2/c1-2-27-20(26)21(23,24)15-9-12-7-14(8-13(12)10-15)17-5-6-25-19-4-3-16(22)11-18(17)19/h3-6,11-15H,2,7-10H2,1H3/t12-,13+,14-,15+. The fourth-order valence-corrected chi connectivity index (χ4v) is 5.06. The fraction of sp³-hybridized carbons (Fsp3) is 0.524. The second-order valence-corrected chi connectivity index (χ2v) is 7.76. The van der Waals surface area contributed by atoms with Gasteiger partial charge in [0.1, 0.15) is 5.82 Å². The van der Waals surface area contributed by atoms with E-state index in [1.807, 2.05) is 6.07 Å². The zero-order valence-electron chi connectivity index (χ0n) is 15.1. The Morgan fingerprint density at radius 2 is 1.89 bits per heavy atom. The zero-order valence-corrected chi connectivity index (χ0v) is 15.1. The normalized spacial score (nSPS) is 27.7. The minimum Gasteiger partial charge on any atom is -0.462 e. The van der Waals surface area contributed by atoms with Crippen molar-refractivity contribution in [3.63, 3.8) is 0 Å². The summed E-state index contributed by atoms with van der Waals surface area (Å²) in [4.78, 5) is 15.9. The van der Waals surface area contributed by atoms with Crippen LogP contribution in [0.25, 0.3) is 10.9 Å². The van der Waals surface area contributed by atoms with Gasteiger partial charge in [0.25, 0.3) is 0 Å². The fourth-order valence-electron chi connectivity index (χ4n) is 5.06. The van der Waals surface area contributed by atoms with Gasteiger partial charge in [-0.2, -0.15) is 8.78 Å². The molecule has 2 aliphatic rings. The van der Waals surface area contributed by atoms with Crippen LogP contribution >= 0.6 is 0 Å². The lowest BCUT2D eigenvalue weighted by Gasteiger charge is -2.23. The van der Waals surface area contributed by atoms with Crippen molar-refractivity contribution in [3.05, 3.63) is 41.8 Å². The van der Waals surface area contributed by atoms with Gasteiger partial charge in [-0.25, -0.2) is 9.18 Å². The SMILES string of the molecule is CCOC(=O)C(F)(F)[C@H]1C[C@H]2C[C@@H](c3ccnc4ccc(F)cc34)C[C@H]2C1. The third kappa shape index (κ3) is 3.19. The summed E-state index contributed by atoms with van der Waals surface area (Å²) in [6.45, 7) is 1.49. The number of hydrogen-bond donors (Lipinski definition) is 0. The molecule has 1 aromatic carbocycles. The van der Waals surface area contributed by atoms with E-state index >= 15 is 0 Å². The molecule has 0 spiro atoms. The van der Waals surface area contributed by atoms with Gasteiger partial charge in [-0.1, -0.05) is 0 Å². The van der Waals surface area contributed by atoms with E-state index in [0.717, 1.165) is 29.3 Å². The molecule has 2 saturated carbocycles. The van der Waals surface area contributed by atoms with Crippen molar-refractivity contribution in [1.82, 2.24) is 4.98 Å². The third-order valence-electron chi connectivity index (χ3n) is 6.25. The number of fused-ring (bicyclic) bond motifs is 2. The van der Waals surface area contributed by atoms with Crippen LogP contribution in [0, 0.1) is 23.6 Å². The first-order valence-electron chi connectivity index (χ1n) is 9.49. The van der Waals surface area contributed by atoms with Crippen molar-refractivity contribution in [2.75, 3.05) is 6.61 Å². The number of rotatable bonds is 4. The lowest BCUT2D eigenvalue weighted by molar-refractivity contribution is -0.180. The summed E-state index contributed by atoms with van der Waals surface area (Å²) in [7, 11) is 0. The summed E-state index contributed by atoms with van der Waals surface area (Å²) in [6.07, 6.45) is 3.97. The minimum atomic E-state index is -3.41. The van der Waals surface area contributed by atoms with Crippen molar-refractivity contribution < 1.29 is 22.7 Å². The van der Waals surface area contributed by atoms with Crippen molar-refractivity contribution in [1.29, 1.82) is 0 Å². The quantitative estimate of drug-likeness (QED) is 0.697. The number of esters is 1. The molecule has 0 saturated heterocycles. The predicted octanol–water partition coefficient (Wildman–Crippen LogP) is 5.09. The zero-order chi connectivity index (χ0) is 19.2. The van der Waals surface area contributed by atoms with E-state index in [-0.39, 0.29) is 30.2 Å². The Morgan fingerprint density at radius 1 is 1.19 bits per heavy atom. The highest BCUT2D eigenvalue weighted by Crippen LogP contribution is 2.56. The van der Waals surface area contributed by atoms with Crippen LogP contribution in [-0.2, 0) is 9.53 Å². The molecule has 6 heteroatoms. The molecule has 4 atom stereocenters. The summed E-state index contributed by atoms with van der Waals surface area (Å²) >= 11 is 0. The number of alkyl halides is 2. The molecule has 0 aliphatic heterocycles. The molecule has 27 heavy (non-hydrogen) atoms. The van der Waals surface area contributed by atoms with Gasteiger partial charge >= 0.3 is 11.9 Å². The molecule has 1 heterocycles. The Labute approximate surface area is 155 Å². The molecule has 0 bridgehead atoms. The number of ether oxygens (including phenoxy) is 1. The summed E-state index contributed by atoms with van der Waals surface area (Å²) < 4.78 is 47.0. The molecule has 2 aromatic rings. The average molecular weight is 377 g/mol. The van der Waals surface area contributed by atoms with Gasteiger partial charge in [0.05, 0.1) is 12.1 Å². The van der Waals surface area contributed by atoms with Crippen molar-refractivity contribution in [2.45, 2.75) is 44.4 Å².